The van der Waals surface area contributed by atoms with Crippen molar-refractivity contribution < 1.29 is 9.90 Å². The van der Waals surface area contributed by atoms with Gasteiger partial charge in [0.1, 0.15) is 12.4 Å². The zero-order valence-corrected chi connectivity index (χ0v) is 11.8. The number of H-pyrrole nitrogens is 1. The number of nitrogens with one attached hydrogen (secondary N) is 2. The highest BCUT2D eigenvalue weighted by Crippen LogP contribution is 2.10. The fraction of sp³-hybridized carbons (Fsp3) is 0.250. The third-order valence-corrected chi connectivity index (χ3v) is 3.00. The average molecular weight is 283 g/mol. The third kappa shape index (κ3) is 4.20. The molecule has 108 valence electrons. The summed E-state index contributed by atoms with van der Waals surface area (Å²) in [6.45, 7) is 2.20. The van der Waals surface area contributed by atoms with Gasteiger partial charge in [0, 0.05) is 36.5 Å². The molecule has 1 aromatic heterocycles. The van der Waals surface area contributed by atoms with Crippen LogP contribution in [-0.2, 0) is 6.42 Å². The molecule has 5 nitrogen and oxygen atoms in total. The number of benzene rings is 1. The van der Waals surface area contributed by atoms with Crippen LogP contribution in [0.5, 0.6) is 0 Å². The number of aliphatic hydroxyl groups is 1. The second-order valence-corrected chi connectivity index (χ2v) is 4.53. The molecule has 0 aliphatic heterocycles. The molecule has 5 heteroatoms. The van der Waals surface area contributed by atoms with Crippen molar-refractivity contribution in [1.29, 1.82) is 0 Å². The molecule has 2 rings (SSSR count). The van der Waals surface area contributed by atoms with Gasteiger partial charge in [-0.05, 0) is 24.6 Å². The van der Waals surface area contributed by atoms with Gasteiger partial charge in [0.15, 0.2) is 0 Å². The maximum atomic E-state index is 12.2. The molecule has 1 aromatic carbocycles. The van der Waals surface area contributed by atoms with Crippen LogP contribution in [0.15, 0.2) is 30.6 Å². The van der Waals surface area contributed by atoms with Crippen molar-refractivity contribution in [1.82, 2.24) is 15.3 Å². The zero-order chi connectivity index (χ0) is 15.1. The lowest BCUT2D eigenvalue weighted by Crippen LogP contribution is -2.26. The Bertz CT molecular complexity index is 667. The number of aromatic amines is 1. The largest absolute Gasteiger partial charge is 0.384 e. The molecule has 1 heterocycles. The molecule has 3 N–H and O–H groups in total. The van der Waals surface area contributed by atoms with Crippen molar-refractivity contribution in [2.75, 3.05) is 13.2 Å². The van der Waals surface area contributed by atoms with Gasteiger partial charge in [-0.1, -0.05) is 17.9 Å². The molecule has 0 unspecified atom stereocenters. The Morgan fingerprint density at radius 3 is 3.05 bits per heavy atom. The molecule has 0 fully saturated rings. The summed E-state index contributed by atoms with van der Waals surface area (Å²) < 4.78 is 0. The summed E-state index contributed by atoms with van der Waals surface area (Å²) in [6, 6.07) is 5.42. The van der Waals surface area contributed by atoms with Gasteiger partial charge in [-0.25, -0.2) is 4.98 Å². The minimum atomic E-state index is -0.196. The number of aryl methyl sites for hydroxylation is 1. The maximum Gasteiger partial charge on any atom is 0.251 e. The molecule has 0 atom stereocenters. The molecular formula is C16H17N3O2. The highest BCUT2D eigenvalue weighted by atomic mass is 16.2. The highest BCUT2D eigenvalue weighted by Gasteiger charge is 2.09. The number of aliphatic hydroxyl groups excluding tert-OH is 1. The summed E-state index contributed by atoms with van der Waals surface area (Å²) in [7, 11) is 0. The lowest BCUT2D eigenvalue weighted by Gasteiger charge is -2.07. The number of imidazole rings is 1. The third-order valence-electron chi connectivity index (χ3n) is 3.00. The second kappa shape index (κ2) is 7.27. The minimum Gasteiger partial charge on any atom is -0.384 e. The summed E-state index contributed by atoms with van der Waals surface area (Å²) in [4.78, 5) is 19.3. The van der Waals surface area contributed by atoms with Crippen LogP contribution in [0.3, 0.4) is 0 Å². The molecule has 0 bridgehead atoms. The highest BCUT2D eigenvalue weighted by molar-refractivity contribution is 5.96. The number of amides is 1. The van der Waals surface area contributed by atoms with Crippen molar-refractivity contribution in [3.63, 3.8) is 0 Å². The van der Waals surface area contributed by atoms with Crippen LogP contribution in [0, 0.1) is 18.8 Å². The van der Waals surface area contributed by atoms with Gasteiger partial charge in [-0.2, -0.15) is 0 Å². The second-order valence-electron chi connectivity index (χ2n) is 4.53. The molecule has 0 spiro atoms. The number of carbonyl (C=O) groups is 1. The average Bonchev–Trinajstić information content (AvgIpc) is 2.99. The number of hydrogen-bond acceptors (Lipinski definition) is 3. The number of hydrogen-bond donors (Lipinski definition) is 3. The van der Waals surface area contributed by atoms with Crippen molar-refractivity contribution >= 4 is 5.91 Å². The van der Waals surface area contributed by atoms with E-state index in [4.69, 9.17) is 5.11 Å². The minimum absolute atomic E-state index is 0.133. The first-order valence-electron chi connectivity index (χ1n) is 6.67. The normalized spacial score (nSPS) is 9.81. The predicted octanol–water partition coefficient (Wildman–Crippen LogP) is 1.03. The number of rotatable bonds is 4. The molecule has 1 amide bonds. The van der Waals surface area contributed by atoms with E-state index >= 15 is 0 Å². The monoisotopic (exact) mass is 283 g/mol. The molecule has 0 saturated carbocycles. The molecular weight excluding hydrogens is 266 g/mol. The van der Waals surface area contributed by atoms with E-state index in [0.29, 0.717) is 24.1 Å². The van der Waals surface area contributed by atoms with Crippen LogP contribution in [0.4, 0.5) is 0 Å². The fourth-order valence-electron chi connectivity index (χ4n) is 1.91. The number of nitrogens with zero attached hydrogens (tertiary/aromatic N) is 1. The first-order chi connectivity index (χ1) is 10.2. The molecule has 21 heavy (non-hydrogen) atoms. The standard InChI is InChI=1S/C16H17N3O2/c1-12-4-5-13(3-2-10-20)11-14(12)16(21)19-7-6-15-17-8-9-18-15/h4-5,8-9,11,20H,6-7,10H2,1H3,(H,17,18)(H,19,21). The molecule has 0 aliphatic rings. The Labute approximate surface area is 123 Å². The van der Waals surface area contributed by atoms with Gasteiger partial charge in [0.2, 0.25) is 0 Å². The summed E-state index contributed by atoms with van der Waals surface area (Å²) >= 11 is 0. The van der Waals surface area contributed by atoms with Crippen molar-refractivity contribution in [2.24, 2.45) is 0 Å². The Hall–Kier alpha value is -2.58. The quantitative estimate of drug-likeness (QED) is 0.734. The molecule has 0 saturated heterocycles. The van der Waals surface area contributed by atoms with Crippen molar-refractivity contribution in [3.8, 4) is 11.8 Å². The van der Waals surface area contributed by atoms with Crippen LogP contribution < -0.4 is 5.32 Å². The van der Waals surface area contributed by atoms with Crippen LogP contribution in [0.1, 0.15) is 27.3 Å². The number of carbonyl (C=O) groups excluding carboxylic acids is 1. The Morgan fingerprint density at radius 1 is 1.48 bits per heavy atom. The number of aromatic nitrogens is 2. The Kier molecular flexibility index (Phi) is 5.13. The molecule has 2 aromatic rings. The van der Waals surface area contributed by atoms with E-state index in [1.807, 2.05) is 19.1 Å². The lowest BCUT2D eigenvalue weighted by molar-refractivity contribution is 0.0953. The van der Waals surface area contributed by atoms with Gasteiger partial charge in [-0.3, -0.25) is 4.79 Å². The summed E-state index contributed by atoms with van der Waals surface area (Å²) in [5.41, 5.74) is 2.20. The SMILES string of the molecule is Cc1ccc(C#CCO)cc1C(=O)NCCc1ncc[nH]1. The first kappa shape index (κ1) is 14.8. The maximum absolute atomic E-state index is 12.2. The van der Waals surface area contributed by atoms with Crippen LogP contribution >= 0.6 is 0 Å². The van der Waals surface area contributed by atoms with Crippen LogP contribution in [0.2, 0.25) is 0 Å². The van der Waals surface area contributed by atoms with E-state index in [-0.39, 0.29) is 12.5 Å². The predicted molar refractivity (Wildman–Crippen MR) is 79.8 cm³/mol. The zero-order valence-electron chi connectivity index (χ0n) is 11.8. The van der Waals surface area contributed by atoms with Gasteiger partial charge in [0.05, 0.1) is 0 Å². The lowest BCUT2D eigenvalue weighted by atomic mass is 10.0. The van der Waals surface area contributed by atoms with Crippen molar-refractivity contribution in [3.05, 3.63) is 53.1 Å². The van der Waals surface area contributed by atoms with E-state index < -0.39 is 0 Å². The Morgan fingerprint density at radius 2 is 2.33 bits per heavy atom. The topological polar surface area (TPSA) is 78.0 Å². The van der Waals surface area contributed by atoms with Crippen LogP contribution in [0.25, 0.3) is 0 Å². The fourth-order valence-corrected chi connectivity index (χ4v) is 1.91. The summed E-state index contributed by atoms with van der Waals surface area (Å²) in [5.74, 6) is 6.08. The molecule has 0 radical (unpaired) electrons. The first-order valence-corrected chi connectivity index (χ1v) is 6.67. The van der Waals surface area contributed by atoms with Gasteiger partial charge < -0.3 is 15.4 Å². The van der Waals surface area contributed by atoms with E-state index in [1.54, 1.807) is 18.5 Å². The van der Waals surface area contributed by atoms with E-state index in [2.05, 4.69) is 27.1 Å². The summed E-state index contributed by atoms with van der Waals surface area (Å²) in [5, 5.41) is 11.6. The smallest absolute Gasteiger partial charge is 0.251 e. The van der Waals surface area contributed by atoms with E-state index in [0.717, 1.165) is 11.4 Å². The van der Waals surface area contributed by atoms with E-state index in [9.17, 15) is 4.79 Å². The van der Waals surface area contributed by atoms with Gasteiger partial charge >= 0.3 is 0 Å². The van der Waals surface area contributed by atoms with E-state index in [1.165, 1.54) is 0 Å². The van der Waals surface area contributed by atoms with Gasteiger partial charge in [-0.15, -0.1) is 0 Å². The van der Waals surface area contributed by atoms with Crippen LogP contribution in [-0.4, -0.2) is 34.1 Å². The van der Waals surface area contributed by atoms with Gasteiger partial charge in [0.25, 0.3) is 5.91 Å². The van der Waals surface area contributed by atoms with Crippen molar-refractivity contribution in [2.45, 2.75) is 13.3 Å². The summed E-state index contributed by atoms with van der Waals surface area (Å²) in [6.07, 6.45) is 4.09. The molecule has 0 aliphatic carbocycles. The Balaban J connectivity index is 2.00.